The van der Waals surface area contributed by atoms with Crippen molar-refractivity contribution >= 4 is 27.1 Å². The Morgan fingerprint density at radius 1 is 1.54 bits per heavy atom. The summed E-state index contributed by atoms with van der Waals surface area (Å²) in [4.78, 5) is 18.9. The Morgan fingerprint density at radius 3 is 3.04 bits per heavy atom. The van der Waals surface area contributed by atoms with Crippen molar-refractivity contribution in [2.45, 2.75) is 19.0 Å². The van der Waals surface area contributed by atoms with E-state index in [1.54, 1.807) is 11.9 Å². The third kappa shape index (κ3) is 4.19. The lowest BCUT2D eigenvalue weighted by molar-refractivity contribution is -0.122. The van der Waals surface area contributed by atoms with Crippen LogP contribution in [0.3, 0.4) is 0 Å². The first-order chi connectivity index (χ1) is 11.4. The van der Waals surface area contributed by atoms with Crippen molar-refractivity contribution in [1.29, 1.82) is 0 Å². The zero-order chi connectivity index (χ0) is 17.2. The first-order valence-electron chi connectivity index (χ1n) is 7.47. The second-order valence-corrected chi connectivity index (χ2v) is 8.92. The molecule has 0 spiro atoms. The number of sulfone groups is 1. The molecule has 3 rings (SSSR count). The fourth-order valence-corrected chi connectivity index (χ4v) is 4.99. The normalized spacial score (nSPS) is 19.7. The Morgan fingerprint density at radius 2 is 2.38 bits per heavy atom. The standard InChI is InChI=1S/C14H18N4O4S2/c1-18(10-4-6-24(20,21)9-10)8-13(19)15-7-12-16-14(22-17-12)11-3-2-5-23-11/h2-3,5,10H,4,6-9H2,1H3,(H,15,19)/t10-/m0/s1. The first-order valence-corrected chi connectivity index (χ1v) is 10.2. The minimum Gasteiger partial charge on any atom is -0.348 e. The molecule has 1 N–H and O–H groups in total. The molecule has 2 aromatic heterocycles. The van der Waals surface area contributed by atoms with E-state index in [1.807, 2.05) is 17.5 Å². The summed E-state index contributed by atoms with van der Waals surface area (Å²) in [5.41, 5.74) is 0. The van der Waals surface area contributed by atoms with Crippen molar-refractivity contribution in [2.75, 3.05) is 25.1 Å². The van der Waals surface area contributed by atoms with E-state index in [-0.39, 0.29) is 36.5 Å². The molecule has 1 saturated heterocycles. The average molecular weight is 370 g/mol. The summed E-state index contributed by atoms with van der Waals surface area (Å²) in [6.45, 7) is 0.306. The van der Waals surface area contributed by atoms with E-state index in [0.29, 0.717) is 18.1 Å². The van der Waals surface area contributed by atoms with Crippen molar-refractivity contribution < 1.29 is 17.7 Å². The van der Waals surface area contributed by atoms with E-state index in [2.05, 4.69) is 15.5 Å². The number of carbonyl (C=O) groups is 1. The molecule has 2 aromatic rings. The molecule has 1 fully saturated rings. The van der Waals surface area contributed by atoms with E-state index in [1.165, 1.54) is 11.3 Å². The molecule has 0 aromatic carbocycles. The molecule has 1 atom stereocenters. The number of amides is 1. The van der Waals surface area contributed by atoms with Gasteiger partial charge >= 0.3 is 0 Å². The molecule has 0 bridgehead atoms. The highest BCUT2D eigenvalue weighted by Gasteiger charge is 2.31. The van der Waals surface area contributed by atoms with Gasteiger partial charge in [-0.2, -0.15) is 4.98 Å². The Kier molecular flexibility index (Phi) is 4.97. The quantitative estimate of drug-likeness (QED) is 0.791. The van der Waals surface area contributed by atoms with Gasteiger partial charge in [-0.25, -0.2) is 8.42 Å². The molecule has 0 aliphatic carbocycles. The molecule has 0 radical (unpaired) electrons. The minimum atomic E-state index is -2.96. The van der Waals surface area contributed by atoms with Gasteiger partial charge in [-0.05, 0) is 24.9 Å². The van der Waals surface area contributed by atoms with Crippen LogP contribution in [0, 0.1) is 0 Å². The molecule has 24 heavy (non-hydrogen) atoms. The maximum absolute atomic E-state index is 12.0. The van der Waals surface area contributed by atoms with Crippen molar-refractivity contribution in [2.24, 2.45) is 0 Å². The second-order valence-electron chi connectivity index (χ2n) is 5.74. The van der Waals surface area contributed by atoms with Gasteiger partial charge in [0.15, 0.2) is 15.7 Å². The highest BCUT2D eigenvalue weighted by Crippen LogP contribution is 2.22. The maximum atomic E-state index is 12.0. The van der Waals surface area contributed by atoms with E-state index in [9.17, 15) is 13.2 Å². The second kappa shape index (κ2) is 6.99. The van der Waals surface area contributed by atoms with Gasteiger partial charge in [0, 0.05) is 6.04 Å². The summed E-state index contributed by atoms with van der Waals surface area (Å²) in [7, 11) is -1.20. The topological polar surface area (TPSA) is 105 Å². The first kappa shape index (κ1) is 17.1. The Hall–Kier alpha value is -1.78. The predicted molar refractivity (Wildman–Crippen MR) is 89.1 cm³/mol. The van der Waals surface area contributed by atoms with E-state index in [0.717, 1.165) is 4.88 Å². The van der Waals surface area contributed by atoms with Gasteiger partial charge in [0.25, 0.3) is 5.89 Å². The van der Waals surface area contributed by atoms with Gasteiger partial charge in [0.2, 0.25) is 5.91 Å². The van der Waals surface area contributed by atoms with E-state index >= 15 is 0 Å². The minimum absolute atomic E-state index is 0.101. The van der Waals surface area contributed by atoms with E-state index < -0.39 is 9.84 Å². The van der Waals surface area contributed by atoms with Crippen LogP contribution in [0.5, 0.6) is 0 Å². The molecular formula is C14H18N4O4S2. The molecule has 0 saturated carbocycles. The number of nitrogens with one attached hydrogen (secondary N) is 1. The smallest absolute Gasteiger partial charge is 0.268 e. The lowest BCUT2D eigenvalue weighted by Gasteiger charge is -2.22. The molecule has 3 heterocycles. The van der Waals surface area contributed by atoms with Gasteiger partial charge in [-0.3, -0.25) is 9.69 Å². The number of carbonyl (C=O) groups excluding carboxylic acids is 1. The Bertz CT molecular complexity index is 801. The van der Waals surface area contributed by atoms with Crippen molar-refractivity contribution in [3.05, 3.63) is 23.3 Å². The fourth-order valence-electron chi connectivity index (χ4n) is 2.54. The third-order valence-electron chi connectivity index (χ3n) is 3.87. The number of likely N-dealkylation sites (N-methyl/N-ethyl adjacent to an activating group) is 1. The van der Waals surface area contributed by atoms with Crippen LogP contribution in [0.2, 0.25) is 0 Å². The largest absolute Gasteiger partial charge is 0.348 e. The van der Waals surface area contributed by atoms with Crippen molar-refractivity contribution in [3.8, 4) is 10.8 Å². The molecular weight excluding hydrogens is 352 g/mol. The SMILES string of the molecule is CN(CC(=O)NCc1noc(-c2cccs2)n1)[C@H]1CCS(=O)(=O)C1. The van der Waals surface area contributed by atoms with Crippen LogP contribution in [0.4, 0.5) is 0 Å². The molecule has 10 heteroatoms. The summed E-state index contributed by atoms with van der Waals surface area (Å²) in [6, 6.07) is 3.67. The third-order valence-corrected chi connectivity index (χ3v) is 6.48. The number of hydrogen-bond donors (Lipinski definition) is 1. The fraction of sp³-hybridized carbons (Fsp3) is 0.500. The van der Waals surface area contributed by atoms with Crippen LogP contribution >= 0.6 is 11.3 Å². The maximum Gasteiger partial charge on any atom is 0.268 e. The predicted octanol–water partition coefficient (Wildman–Crippen LogP) is 0.533. The molecule has 8 nitrogen and oxygen atoms in total. The number of hydrogen-bond acceptors (Lipinski definition) is 8. The van der Waals surface area contributed by atoms with Crippen molar-refractivity contribution in [1.82, 2.24) is 20.4 Å². The van der Waals surface area contributed by atoms with Crippen LogP contribution in [-0.2, 0) is 21.2 Å². The highest BCUT2D eigenvalue weighted by molar-refractivity contribution is 7.91. The summed E-state index contributed by atoms with van der Waals surface area (Å²) in [5, 5.41) is 8.47. The van der Waals surface area contributed by atoms with Gasteiger partial charge in [0.1, 0.15) is 0 Å². The Labute approximate surface area is 143 Å². The monoisotopic (exact) mass is 370 g/mol. The van der Waals surface area contributed by atoms with Gasteiger partial charge < -0.3 is 9.84 Å². The summed E-state index contributed by atoms with van der Waals surface area (Å²) in [6.07, 6.45) is 0.571. The number of aromatic nitrogens is 2. The average Bonchev–Trinajstić information content (AvgIpc) is 3.24. The molecule has 1 aliphatic heterocycles. The zero-order valence-corrected chi connectivity index (χ0v) is 14.8. The number of thiophene rings is 1. The van der Waals surface area contributed by atoms with Crippen LogP contribution in [-0.4, -0.2) is 60.5 Å². The number of nitrogens with zero attached hydrogens (tertiary/aromatic N) is 3. The lowest BCUT2D eigenvalue weighted by atomic mass is 10.2. The molecule has 0 unspecified atom stereocenters. The van der Waals surface area contributed by atoms with Crippen LogP contribution < -0.4 is 5.32 Å². The van der Waals surface area contributed by atoms with Crippen LogP contribution in [0.15, 0.2) is 22.0 Å². The summed E-state index contributed by atoms with van der Waals surface area (Å²) < 4.78 is 28.1. The zero-order valence-electron chi connectivity index (χ0n) is 13.1. The summed E-state index contributed by atoms with van der Waals surface area (Å²) in [5.74, 6) is 0.939. The van der Waals surface area contributed by atoms with Gasteiger partial charge in [0.05, 0.1) is 29.5 Å². The van der Waals surface area contributed by atoms with Crippen LogP contribution in [0.1, 0.15) is 12.2 Å². The van der Waals surface area contributed by atoms with Gasteiger partial charge in [-0.1, -0.05) is 11.2 Å². The van der Waals surface area contributed by atoms with Crippen molar-refractivity contribution in [3.63, 3.8) is 0 Å². The van der Waals surface area contributed by atoms with Gasteiger partial charge in [-0.15, -0.1) is 11.3 Å². The summed E-state index contributed by atoms with van der Waals surface area (Å²) >= 11 is 1.50. The Balaban J connectivity index is 1.47. The molecule has 1 aliphatic rings. The number of rotatable bonds is 6. The molecule has 130 valence electrons. The highest BCUT2D eigenvalue weighted by atomic mass is 32.2. The van der Waals surface area contributed by atoms with Crippen LogP contribution in [0.25, 0.3) is 10.8 Å². The lowest BCUT2D eigenvalue weighted by Crippen LogP contribution is -2.41. The molecule has 1 amide bonds. The van der Waals surface area contributed by atoms with E-state index in [4.69, 9.17) is 4.52 Å².